The number of fused-ring (bicyclic) bond motifs is 1. The number of carbonyl (C=O) groups is 2. The van der Waals surface area contributed by atoms with E-state index in [0.29, 0.717) is 26.3 Å². The molecule has 1 aliphatic rings. The van der Waals surface area contributed by atoms with Gasteiger partial charge in [-0.2, -0.15) is 0 Å². The molecule has 1 unspecified atom stereocenters. The molecule has 0 spiro atoms. The minimum absolute atomic E-state index is 0.0532. The van der Waals surface area contributed by atoms with Crippen LogP contribution >= 0.6 is 24.0 Å². The minimum atomic E-state index is -0.833. The molecule has 1 aliphatic heterocycles. The number of hydrogen-bond donors (Lipinski definition) is 2. The van der Waals surface area contributed by atoms with E-state index < -0.39 is 5.97 Å². The summed E-state index contributed by atoms with van der Waals surface area (Å²) in [7, 11) is 0. The molecule has 3 heterocycles. The largest absolute Gasteiger partial charge is 0.481 e. The molecule has 1 atom stereocenters. The lowest BCUT2D eigenvalue weighted by atomic mass is 10.1. The van der Waals surface area contributed by atoms with Gasteiger partial charge in [-0.3, -0.25) is 23.7 Å². The number of carboxylic acid groups (broad SMARTS) is 1. The molecule has 1 aromatic carbocycles. The Morgan fingerprint density at radius 3 is 2.36 bits per heavy atom. The number of pyridine rings is 1. The minimum Gasteiger partial charge on any atom is -0.481 e. The number of aliphatic carboxylic acids is 1. The van der Waals surface area contributed by atoms with Crippen molar-refractivity contribution in [3.05, 3.63) is 80.6 Å². The smallest absolute Gasteiger partial charge is 0.300 e. The Bertz CT molecular complexity index is 1400. The third-order valence-corrected chi connectivity index (χ3v) is 6.68. The molecule has 2 N–H and O–H groups in total. The van der Waals surface area contributed by atoms with Crippen LogP contribution in [0.5, 0.6) is 0 Å². The summed E-state index contributed by atoms with van der Waals surface area (Å²) in [6.45, 7) is 8.84. The Balaban J connectivity index is 0.000000840. The molecule has 1 fully saturated rings. The highest BCUT2D eigenvalue weighted by Gasteiger charge is 2.34. The van der Waals surface area contributed by atoms with E-state index in [-0.39, 0.29) is 23.6 Å². The van der Waals surface area contributed by atoms with E-state index in [9.17, 15) is 9.59 Å². The van der Waals surface area contributed by atoms with Crippen molar-refractivity contribution in [2.75, 3.05) is 5.32 Å². The van der Waals surface area contributed by atoms with Gasteiger partial charge in [-0.15, -0.1) is 0 Å². The van der Waals surface area contributed by atoms with Crippen molar-refractivity contribution >= 4 is 57.7 Å². The third-order valence-electron chi connectivity index (χ3n) is 5.35. The summed E-state index contributed by atoms with van der Waals surface area (Å²) in [6, 6.07) is 13.5. The van der Waals surface area contributed by atoms with Gasteiger partial charge in [-0.1, -0.05) is 60.4 Å². The second kappa shape index (κ2) is 11.5. The van der Waals surface area contributed by atoms with Gasteiger partial charge >= 0.3 is 0 Å². The van der Waals surface area contributed by atoms with Crippen LogP contribution in [0.1, 0.15) is 50.4 Å². The molecule has 4 rings (SSSR count). The molecule has 3 aromatic rings. The summed E-state index contributed by atoms with van der Waals surface area (Å²) in [5.41, 5.74) is 2.62. The summed E-state index contributed by atoms with van der Waals surface area (Å²) in [5.74, 6) is -0.582. The summed E-state index contributed by atoms with van der Waals surface area (Å²) in [6.07, 6.45) is 3.31. The Hall–Kier alpha value is -3.50. The Morgan fingerprint density at radius 1 is 1.14 bits per heavy atom. The maximum absolute atomic E-state index is 13.5. The first-order chi connectivity index (χ1) is 17.0. The number of thioether (sulfide) groups is 1. The SMILES string of the molecule is CC(=O)O.Cc1cccn2c(=O)c(C=C3SC(=S)N(C(C)C)C3=O)c(NC(C)c3ccccc3)nc12. The van der Waals surface area contributed by atoms with E-state index in [1.54, 1.807) is 17.2 Å². The lowest BCUT2D eigenvalue weighted by Crippen LogP contribution is -2.34. The molecule has 2 aromatic heterocycles. The van der Waals surface area contributed by atoms with Gasteiger partial charge in [0.1, 0.15) is 15.8 Å². The fourth-order valence-corrected chi connectivity index (χ4v) is 5.14. The maximum atomic E-state index is 13.5. The Morgan fingerprint density at radius 2 is 1.78 bits per heavy atom. The maximum Gasteiger partial charge on any atom is 0.300 e. The number of aromatic nitrogens is 2. The topological polar surface area (TPSA) is 104 Å². The number of carboxylic acids is 1. The van der Waals surface area contributed by atoms with E-state index in [2.05, 4.69) is 5.32 Å². The summed E-state index contributed by atoms with van der Waals surface area (Å²) >= 11 is 6.60. The molecular weight excluding hydrogens is 496 g/mol. The van der Waals surface area contributed by atoms with Crippen LogP contribution in [0, 0.1) is 6.92 Å². The number of amides is 1. The summed E-state index contributed by atoms with van der Waals surface area (Å²) < 4.78 is 2.01. The van der Waals surface area contributed by atoms with Crippen LogP contribution in [0.4, 0.5) is 5.82 Å². The molecule has 10 heteroatoms. The number of anilines is 1. The zero-order chi connectivity index (χ0) is 26.6. The molecule has 0 aliphatic carbocycles. The van der Waals surface area contributed by atoms with Crippen molar-refractivity contribution in [1.82, 2.24) is 14.3 Å². The van der Waals surface area contributed by atoms with E-state index in [4.69, 9.17) is 27.1 Å². The van der Waals surface area contributed by atoms with Crippen LogP contribution in [-0.2, 0) is 9.59 Å². The number of nitrogens with one attached hydrogen (secondary N) is 1. The Labute approximate surface area is 219 Å². The normalized spacial score (nSPS) is 15.3. The van der Waals surface area contributed by atoms with Gasteiger partial charge in [0.15, 0.2) is 0 Å². The summed E-state index contributed by atoms with van der Waals surface area (Å²) in [5, 5.41) is 10.8. The van der Waals surface area contributed by atoms with Crippen molar-refractivity contribution in [2.24, 2.45) is 0 Å². The number of nitrogens with zero attached hydrogens (tertiary/aromatic N) is 3. The third kappa shape index (κ3) is 6.00. The van der Waals surface area contributed by atoms with Gasteiger partial charge < -0.3 is 10.4 Å². The number of aryl methyl sites for hydroxylation is 1. The van der Waals surface area contributed by atoms with Crippen LogP contribution in [0.2, 0.25) is 0 Å². The van der Waals surface area contributed by atoms with E-state index in [0.717, 1.165) is 18.1 Å². The van der Waals surface area contributed by atoms with Crippen molar-refractivity contribution in [3.8, 4) is 0 Å². The molecule has 1 saturated heterocycles. The second-order valence-electron chi connectivity index (χ2n) is 8.51. The first-order valence-corrected chi connectivity index (χ1v) is 12.5. The molecular formula is C26H28N4O4S2. The molecule has 1 amide bonds. The highest BCUT2D eigenvalue weighted by molar-refractivity contribution is 8.26. The van der Waals surface area contributed by atoms with Crippen molar-refractivity contribution in [3.63, 3.8) is 0 Å². The average Bonchev–Trinajstić information content (AvgIpc) is 3.10. The number of hydrogen-bond acceptors (Lipinski definition) is 7. The first-order valence-electron chi connectivity index (χ1n) is 11.3. The highest BCUT2D eigenvalue weighted by Crippen LogP contribution is 2.34. The van der Waals surface area contributed by atoms with E-state index in [1.165, 1.54) is 16.2 Å². The first kappa shape index (κ1) is 27.1. The predicted molar refractivity (Wildman–Crippen MR) is 148 cm³/mol. The van der Waals surface area contributed by atoms with Crippen molar-refractivity contribution in [1.29, 1.82) is 0 Å². The fraction of sp³-hybridized carbons (Fsp3) is 0.269. The fourth-order valence-electron chi connectivity index (χ4n) is 3.64. The van der Waals surface area contributed by atoms with Crippen LogP contribution in [0.15, 0.2) is 58.4 Å². The molecule has 0 saturated carbocycles. The van der Waals surface area contributed by atoms with Crippen LogP contribution in [-0.4, -0.2) is 41.6 Å². The molecule has 0 bridgehead atoms. The average molecular weight is 525 g/mol. The number of rotatable bonds is 5. The van der Waals surface area contributed by atoms with Gasteiger partial charge in [0.05, 0.1) is 10.5 Å². The summed E-state index contributed by atoms with van der Waals surface area (Å²) in [4.78, 5) is 42.2. The quantitative estimate of drug-likeness (QED) is 0.360. The lowest BCUT2D eigenvalue weighted by molar-refractivity contribution is -0.134. The lowest BCUT2D eigenvalue weighted by Gasteiger charge is -2.19. The van der Waals surface area contributed by atoms with Gasteiger partial charge in [0.2, 0.25) is 0 Å². The van der Waals surface area contributed by atoms with Gasteiger partial charge in [0.25, 0.3) is 17.4 Å². The second-order valence-corrected chi connectivity index (χ2v) is 10.2. The predicted octanol–water partition coefficient (Wildman–Crippen LogP) is 4.88. The van der Waals surface area contributed by atoms with E-state index >= 15 is 0 Å². The number of thiocarbonyl (C=S) groups is 1. The molecule has 0 radical (unpaired) electrons. The van der Waals surface area contributed by atoms with Crippen molar-refractivity contribution in [2.45, 2.75) is 46.7 Å². The number of benzene rings is 1. The molecule has 188 valence electrons. The standard InChI is InChI=1S/C24H24N4O2S2.C2H4O2/c1-14(2)28-23(30)19(32-24(28)31)13-18-20(25-16(4)17-10-6-5-7-11-17)26-21-15(3)9-8-12-27(21)22(18)29;1-2(3)4/h5-14,16,25H,1-4H3;1H3,(H,3,4). The van der Waals surface area contributed by atoms with Crippen LogP contribution < -0.4 is 10.9 Å². The monoisotopic (exact) mass is 524 g/mol. The molecule has 8 nitrogen and oxygen atoms in total. The van der Waals surface area contributed by atoms with Gasteiger partial charge in [-0.25, -0.2) is 4.98 Å². The zero-order valence-electron chi connectivity index (χ0n) is 20.7. The van der Waals surface area contributed by atoms with Crippen LogP contribution in [0.3, 0.4) is 0 Å². The Kier molecular flexibility index (Phi) is 8.65. The highest BCUT2D eigenvalue weighted by atomic mass is 32.2. The van der Waals surface area contributed by atoms with Gasteiger partial charge in [-0.05, 0) is 51.0 Å². The van der Waals surface area contributed by atoms with Crippen molar-refractivity contribution < 1.29 is 14.7 Å². The zero-order valence-corrected chi connectivity index (χ0v) is 22.3. The van der Waals surface area contributed by atoms with Crippen LogP contribution in [0.25, 0.3) is 11.7 Å². The van der Waals surface area contributed by atoms with Gasteiger partial charge in [0, 0.05) is 25.2 Å². The number of carbonyl (C=O) groups excluding carboxylic acids is 1. The van der Waals surface area contributed by atoms with E-state index in [1.807, 2.05) is 70.2 Å². The molecule has 36 heavy (non-hydrogen) atoms.